The molecule has 0 radical (unpaired) electrons. The lowest BCUT2D eigenvalue weighted by Crippen LogP contribution is -2.06. The number of anilines is 3. The van der Waals surface area contributed by atoms with E-state index >= 15 is 0 Å². The first-order chi connectivity index (χ1) is 16.1. The summed E-state index contributed by atoms with van der Waals surface area (Å²) in [6.07, 6.45) is 4.19. The van der Waals surface area contributed by atoms with Gasteiger partial charge in [0, 0.05) is 31.3 Å². The predicted octanol–water partition coefficient (Wildman–Crippen LogP) is 4.17. The molecule has 0 fully saturated rings. The molecular formula is C24H25N7O2. The van der Waals surface area contributed by atoms with Crippen LogP contribution in [-0.4, -0.2) is 33.7 Å². The van der Waals surface area contributed by atoms with E-state index in [9.17, 15) is 0 Å². The summed E-state index contributed by atoms with van der Waals surface area (Å²) >= 11 is 0. The lowest BCUT2D eigenvalue weighted by atomic mass is 10.1. The summed E-state index contributed by atoms with van der Waals surface area (Å²) in [4.78, 5) is 13.5. The summed E-state index contributed by atoms with van der Waals surface area (Å²) in [5.41, 5.74) is 4.86. The van der Waals surface area contributed by atoms with E-state index in [1.54, 1.807) is 32.8 Å². The summed E-state index contributed by atoms with van der Waals surface area (Å²) in [7, 11) is 5.20. The molecular weight excluding hydrogens is 418 g/mol. The van der Waals surface area contributed by atoms with Gasteiger partial charge in [0.05, 0.1) is 37.9 Å². The van der Waals surface area contributed by atoms with Crippen LogP contribution in [0.2, 0.25) is 0 Å². The zero-order valence-electron chi connectivity index (χ0n) is 19.0. The first-order valence-electron chi connectivity index (χ1n) is 10.5. The minimum absolute atomic E-state index is 0.392. The Morgan fingerprint density at radius 3 is 2.67 bits per heavy atom. The van der Waals surface area contributed by atoms with Crippen molar-refractivity contribution in [2.24, 2.45) is 7.05 Å². The highest BCUT2D eigenvalue weighted by Gasteiger charge is 2.13. The van der Waals surface area contributed by atoms with Gasteiger partial charge in [0.1, 0.15) is 34.6 Å². The van der Waals surface area contributed by atoms with Crippen molar-refractivity contribution >= 4 is 28.4 Å². The van der Waals surface area contributed by atoms with Gasteiger partial charge in [-0.2, -0.15) is 5.26 Å². The van der Waals surface area contributed by atoms with Crippen molar-refractivity contribution < 1.29 is 9.47 Å². The molecule has 0 aliphatic carbocycles. The van der Waals surface area contributed by atoms with Gasteiger partial charge in [-0.3, -0.25) is 0 Å². The van der Waals surface area contributed by atoms with E-state index in [2.05, 4.69) is 26.7 Å². The summed E-state index contributed by atoms with van der Waals surface area (Å²) in [6.45, 7) is 2.53. The highest BCUT2D eigenvalue weighted by Crippen LogP contribution is 2.29. The van der Waals surface area contributed by atoms with Crippen LogP contribution in [0, 0.1) is 11.3 Å². The Balaban J connectivity index is 1.67. The van der Waals surface area contributed by atoms with Gasteiger partial charge in [-0.15, -0.1) is 0 Å². The fraction of sp³-hybridized carbons (Fsp3) is 0.250. The number of methoxy groups -OCH3 is 2. The maximum Gasteiger partial charge on any atom is 0.156 e. The molecule has 0 unspecified atom stereocenters. The SMILES string of the molecule is CCc1cc(C#N)ncc1Nc1cc2c(ncn2C)c(NCc2ccc(OC)cc2OC)n1. The Morgan fingerprint density at radius 2 is 1.94 bits per heavy atom. The van der Waals surface area contributed by atoms with Gasteiger partial charge >= 0.3 is 0 Å². The third-order valence-electron chi connectivity index (χ3n) is 5.40. The fourth-order valence-corrected chi connectivity index (χ4v) is 3.59. The van der Waals surface area contributed by atoms with Gasteiger partial charge in [0.15, 0.2) is 5.82 Å². The summed E-state index contributed by atoms with van der Waals surface area (Å²) < 4.78 is 12.7. The Kier molecular flexibility index (Phi) is 6.26. The number of aromatic nitrogens is 4. The standard InChI is InChI=1S/C24H25N7O2/c1-5-15-8-17(11-25)26-13-19(15)29-22-10-20-23(28-14-31(20)2)24(30-22)27-12-16-6-7-18(32-3)9-21(16)33-4/h6-10,13-14H,5,12H2,1-4H3,(H2,27,29,30). The van der Waals surface area contributed by atoms with Crippen LogP contribution in [0.1, 0.15) is 23.7 Å². The van der Waals surface area contributed by atoms with Crippen molar-refractivity contribution in [2.45, 2.75) is 19.9 Å². The van der Waals surface area contributed by atoms with Crippen LogP contribution in [0.5, 0.6) is 11.5 Å². The number of nitrogens with zero attached hydrogens (tertiary/aromatic N) is 5. The number of fused-ring (bicyclic) bond motifs is 1. The number of imidazole rings is 1. The third kappa shape index (κ3) is 4.50. The molecule has 3 aromatic heterocycles. The highest BCUT2D eigenvalue weighted by atomic mass is 16.5. The molecule has 0 bridgehead atoms. The van der Waals surface area contributed by atoms with Crippen LogP contribution >= 0.6 is 0 Å². The number of aryl methyl sites for hydroxylation is 2. The molecule has 33 heavy (non-hydrogen) atoms. The van der Waals surface area contributed by atoms with Crippen LogP contribution in [0.3, 0.4) is 0 Å². The zero-order valence-corrected chi connectivity index (χ0v) is 19.0. The monoisotopic (exact) mass is 443 g/mol. The minimum atomic E-state index is 0.392. The van der Waals surface area contributed by atoms with E-state index in [4.69, 9.17) is 19.7 Å². The first kappa shape index (κ1) is 21.9. The smallest absolute Gasteiger partial charge is 0.156 e. The van der Waals surface area contributed by atoms with E-state index in [-0.39, 0.29) is 0 Å². The van der Waals surface area contributed by atoms with Crippen molar-refractivity contribution in [3.63, 3.8) is 0 Å². The van der Waals surface area contributed by atoms with Gasteiger partial charge in [0.25, 0.3) is 0 Å². The largest absolute Gasteiger partial charge is 0.497 e. The van der Waals surface area contributed by atoms with Gasteiger partial charge in [0.2, 0.25) is 0 Å². The average molecular weight is 444 g/mol. The first-order valence-corrected chi connectivity index (χ1v) is 10.5. The lowest BCUT2D eigenvalue weighted by Gasteiger charge is -2.14. The number of rotatable bonds is 8. The molecule has 168 valence electrons. The topological polar surface area (TPSA) is 110 Å². The van der Waals surface area contributed by atoms with Gasteiger partial charge in [-0.1, -0.05) is 6.92 Å². The molecule has 4 aromatic rings. The summed E-state index contributed by atoms with van der Waals surface area (Å²) in [6, 6.07) is 11.5. The minimum Gasteiger partial charge on any atom is -0.497 e. The Morgan fingerprint density at radius 1 is 1.09 bits per heavy atom. The van der Waals surface area contributed by atoms with Crippen molar-refractivity contribution in [2.75, 3.05) is 24.9 Å². The van der Waals surface area contributed by atoms with Crippen molar-refractivity contribution in [1.29, 1.82) is 5.26 Å². The second kappa shape index (κ2) is 9.44. The van der Waals surface area contributed by atoms with Crippen LogP contribution < -0.4 is 20.1 Å². The molecule has 0 aliphatic rings. The quantitative estimate of drug-likeness (QED) is 0.418. The van der Waals surface area contributed by atoms with Crippen molar-refractivity contribution in [3.05, 3.63) is 59.7 Å². The Bertz CT molecular complexity index is 1340. The maximum absolute atomic E-state index is 9.14. The molecule has 9 nitrogen and oxygen atoms in total. The molecule has 1 aromatic carbocycles. The molecule has 2 N–H and O–H groups in total. The molecule has 9 heteroatoms. The highest BCUT2D eigenvalue weighted by molar-refractivity contribution is 5.89. The predicted molar refractivity (Wildman–Crippen MR) is 127 cm³/mol. The van der Waals surface area contributed by atoms with E-state index in [0.29, 0.717) is 23.9 Å². The van der Waals surface area contributed by atoms with Crippen LogP contribution in [0.4, 0.5) is 17.3 Å². The summed E-state index contributed by atoms with van der Waals surface area (Å²) in [5, 5.41) is 15.9. The average Bonchev–Trinajstić information content (AvgIpc) is 3.23. The van der Waals surface area contributed by atoms with E-state index in [1.165, 1.54) is 0 Å². The molecule has 0 saturated carbocycles. The van der Waals surface area contributed by atoms with E-state index in [1.807, 2.05) is 42.8 Å². The molecule has 0 spiro atoms. The Hall–Kier alpha value is -4.32. The molecule has 0 atom stereocenters. The number of nitrogens with one attached hydrogen (secondary N) is 2. The molecule has 0 saturated heterocycles. The lowest BCUT2D eigenvalue weighted by molar-refractivity contribution is 0.391. The normalized spacial score (nSPS) is 10.6. The molecule has 0 aliphatic heterocycles. The number of ether oxygens (including phenoxy) is 2. The third-order valence-corrected chi connectivity index (χ3v) is 5.40. The summed E-state index contributed by atoms with van der Waals surface area (Å²) in [5.74, 6) is 2.75. The fourth-order valence-electron chi connectivity index (χ4n) is 3.59. The van der Waals surface area contributed by atoms with E-state index < -0.39 is 0 Å². The molecule has 4 rings (SSSR count). The van der Waals surface area contributed by atoms with Crippen molar-refractivity contribution in [3.8, 4) is 17.6 Å². The number of pyridine rings is 2. The maximum atomic E-state index is 9.14. The van der Waals surface area contributed by atoms with Crippen LogP contribution in [0.15, 0.2) is 42.9 Å². The van der Waals surface area contributed by atoms with E-state index in [0.717, 1.165) is 45.8 Å². The number of hydrogen-bond donors (Lipinski definition) is 2. The van der Waals surface area contributed by atoms with Gasteiger partial charge in [-0.05, 0) is 30.2 Å². The number of benzene rings is 1. The van der Waals surface area contributed by atoms with Gasteiger partial charge in [-0.25, -0.2) is 15.0 Å². The van der Waals surface area contributed by atoms with Gasteiger partial charge < -0.3 is 24.7 Å². The van der Waals surface area contributed by atoms with Crippen LogP contribution in [-0.2, 0) is 20.0 Å². The second-order valence-electron chi connectivity index (χ2n) is 7.43. The Labute approximate surface area is 192 Å². The van der Waals surface area contributed by atoms with Crippen LogP contribution in [0.25, 0.3) is 11.0 Å². The second-order valence-corrected chi connectivity index (χ2v) is 7.43. The zero-order chi connectivity index (χ0) is 23.4. The van der Waals surface area contributed by atoms with Crippen molar-refractivity contribution in [1.82, 2.24) is 19.5 Å². The number of nitriles is 1. The molecule has 0 amide bonds. The molecule has 3 heterocycles. The number of hydrogen-bond acceptors (Lipinski definition) is 8.